The van der Waals surface area contributed by atoms with Gasteiger partial charge in [-0.05, 0) is 19.1 Å². The van der Waals surface area contributed by atoms with Crippen LogP contribution < -0.4 is 16.2 Å². The van der Waals surface area contributed by atoms with Crippen molar-refractivity contribution in [2.24, 2.45) is 0 Å². The number of hydrazine groups is 1. The average Bonchev–Trinajstić information content (AvgIpc) is 2.51. The van der Waals surface area contributed by atoms with Gasteiger partial charge >= 0.3 is 5.97 Å². The molecule has 0 spiro atoms. The number of hydrogen-bond acceptors (Lipinski definition) is 7. The Bertz CT molecular complexity index is 369. The highest BCUT2D eigenvalue weighted by Crippen LogP contribution is 1.93. The van der Waals surface area contributed by atoms with Gasteiger partial charge in [-0.15, -0.1) is 0 Å². The highest BCUT2D eigenvalue weighted by molar-refractivity contribution is 7.80. The molecule has 0 bridgehead atoms. The van der Waals surface area contributed by atoms with Crippen molar-refractivity contribution in [2.75, 3.05) is 33.5 Å². The van der Waals surface area contributed by atoms with Crippen molar-refractivity contribution in [1.29, 1.82) is 0 Å². The van der Waals surface area contributed by atoms with Crippen LogP contribution >= 0.6 is 12.2 Å². The van der Waals surface area contributed by atoms with Crippen LogP contribution in [0, 0.1) is 0 Å². The van der Waals surface area contributed by atoms with Crippen molar-refractivity contribution in [2.45, 2.75) is 26.2 Å². The molecule has 132 valence electrons. The number of hydrogen-bond donors (Lipinski definition) is 3. The molecule has 3 N–H and O–H groups in total. The molecule has 0 aliphatic carbocycles. The van der Waals surface area contributed by atoms with E-state index >= 15 is 0 Å². The maximum atomic E-state index is 11.5. The van der Waals surface area contributed by atoms with Crippen LogP contribution in [-0.2, 0) is 28.6 Å². The SMILES string of the molecule is CCOCCC(=O)NNC(=S)NC(=O)CCC(=O)OCCOC. The second-order valence-corrected chi connectivity index (χ2v) is 4.62. The van der Waals surface area contributed by atoms with Crippen LogP contribution in [0.2, 0.25) is 0 Å². The van der Waals surface area contributed by atoms with Crippen LogP contribution in [0.4, 0.5) is 0 Å². The van der Waals surface area contributed by atoms with Gasteiger partial charge in [0.1, 0.15) is 6.61 Å². The van der Waals surface area contributed by atoms with E-state index in [1.54, 1.807) is 0 Å². The van der Waals surface area contributed by atoms with Crippen molar-refractivity contribution in [3.8, 4) is 0 Å². The first-order valence-corrected chi connectivity index (χ1v) is 7.51. The smallest absolute Gasteiger partial charge is 0.306 e. The van der Waals surface area contributed by atoms with E-state index in [0.29, 0.717) is 19.8 Å². The number of amides is 2. The Labute approximate surface area is 140 Å². The third kappa shape index (κ3) is 13.6. The normalized spacial score (nSPS) is 9.83. The zero-order valence-electron chi connectivity index (χ0n) is 13.3. The van der Waals surface area contributed by atoms with Crippen LogP contribution in [-0.4, -0.2) is 56.4 Å². The first-order valence-electron chi connectivity index (χ1n) is 7.10. The molecule has 0 radical (unpaired) electrons. The summed E-state index contributed by atoms with van der Waals surface area (Å²) in [6.07, 6.45) is 0.0233. The standard InChI is InChI=1S/C13H23N3O6S/c1-3-21-7-6-11(18)15-16-13(23)14-10(17)4-5-12(19)22-9-8-20-2/h3-9H2,1-2H3,(H,15,18)(H2,14,16,17,23). The minimum absolute atomic E-state index is 0.0625. The van der Waals surface area contributed by atoms with Crippen molar-refractivity contribution < 1.29 is 28.6 Å². The Hall–Kier alpha value is -1.78. The van der Waals surface area contributed by atoms with Crippen LogP contribution in [0.25, 0.3) is 0 Å². The molecule has 0 saturated carbocycles. The molecule has 0 fully saturated rings. The maximum absolute atomic E-state index is 11.5. The fraction of sp³-hybridized carbons (Fsp3) is 0.692. The zero-order valence-corrected chi connectivity index (χ0v) is 14.1. The highest BCUT2D eigenvalue weighted by atomic mass is 32.1. The lowest BCUT2D eigenvalue weighted by Crippen LogP contribution is -2.48. The molecule has 2 amide bonds. The summed E-state index contributed by atoms with van der Waals surface area (Å²) < 4.78 is 14.5. The molecule has 0 saturated heterocycles. The summed E-state index contributed by atoms with van der Waals surface area (Å²) in [5, 5.41) is 2.27. The fourth-order valence-corrected chi connectivity index (χ4v) is 1.41. The van der Waals surface area contributed by atoms with E-state index in [1.807, 2.05) is 6.92 Å². The molecule has 0 aromatic carbocycles. The van der Waals surface area contributed by atoms with Gasteiger partial charge in [0.2, 0.25) is 11.8 Å². The highest BCUT2D eigenvalue weighted by Gasteiger charge is 2.10. The van der Waals surface area contributed by atoms with Gasteiger partial charge in [-0.2, -0.15) is 0 Å². The maximum Gasteiger partial charge on any atom is 0.306 e. The topological polar surface area (TPSA) is 115 Å². The monoisotopic (exact) mass is 349 g/mol. The number of methoxy groups -OCH3 is 1. The van der Waals surface area contributed by atoms with E-state index in [2.05, 4.69) is 16.2 Å². The summed E-state index contributed by atoms with van der Waals surface area (Å²) >= 11 is 4.83. The second kappa shape index (κ2) is 13.9. The van der Waals surface area contributed by atoms with Crippen molar-refractivity contribution in [3.05, 3.63) is 0 Å². The minimum atomic E-state index is -0.500. The third-order valence-corrected chi connectivity index (χ3v) is 2.56. The van der Waals surface area contributed by atoms with Crippen LogP contribution in [0.15, 0.2) is 0 Å². The summed E-state index contributed by atoms with van der Waals surface area (Å²) in [5.74, 6) is -1.29. The summed E-state index contributed by atoms with van der Waals surface area (Å²) in [6.45, 7) is 3.10. The van der Waals surface area contributed by atoms with Crippen LogP contribution in [0.1, 0.15) is 26.2 Å². The van der Waals surface area contributed by atoms with E-state index in [4.69, 9.17) is 26.4 Å². The molecule has 23 heavy (non-hydrogen) atoms. The molecule has 0 atom stereocenters. The lowest BCUT2D eigenvalue weighted by Gasteiger charge is -2.10. The van der Waals surface area contributed by atoms with Gasteiger partial charge < -0.3 is 19.5 Å². The predicted molar refractivity (Wildman–Crippen MR) is 85.2 cm³/mol. The Kier molecular flexibility index (Phi) is 12.8. The molecule has 0 aromatic heterocycles. The van der Waals surface area contributed by atoms with Crippen LogP contribution in [0.3, 0.4) is 0 Å². The molecule has 0 unspecified atom stereocenters. The van der Waals surface area contributed by atoms with E-state index in [-0.39, 0.29) is 36.9 Å². The Morgan fingerprint density at radius 2 is 1.70 bits per heavy atom. The summed E-state index contributed by atoms with van der Waals surface area (Å²) in [7, 11) is 1.49. The van der Waals surface area contributed by atoms with Gasteiger partial charge in [-0.1, -0.05) is 0 Å². The Morgan fingerprint density at radius 3 is 2.35 bits per heavy atom. The molecule has 0 aliphatic rings. The first kappa shape index (κ1) is 21.2. The van der Waals surface area contributed by atoms with Gasteiger partial charge in [0, 0.05) is 20.1 Å². The molecule has 0 rings (SSSR count). The summed E-state index contributed by atoms with van der Waals surface area (Å²) in [6, 6.07) is 0. The molecule has 9 nitrogen and oxygen atoms in total. The van der Waals surface area contributed by atoms with Crippen molar-refractivity contribution in [1.82, 2.24) is 16.2 Å². The molecular formula is C13H23N3O6S. The molecule has 10 heteroatoms. The van der Waals surface area contributed by atoms with Crippen molar-refractivity contribution in [3.63, 3.8) is 0 Å². The molecular weight excluding hydrogens is 326 g/mol. The zero-order chi connectivity index (χ0) is 17.5. The van der Waals surface area contributed by atoms with Gasteiger partial charge in [0.05, 0.1) is 26.1 Å². The van der Waals surface area contributed by atoms with E-state index in [9.17, 15) is 14.4 Å². The number of carbonyl (C=O) groups is 3. The number of thiocarbonyl (C=S) groups is 1. The first-order chi connectivity index (χ1) is 11.0. The lowest BCUT2D eigenvalue weighted by atomic mass is 10.3. The Balaban J connectivity index is 3.74. The van der Waals surface area contributed by atoms with Gasteiger partial charge in [0.25, 0.3) is 0 Å². The van der Waals surface area contributed by atoms with E-state index < -0.39 is 11.9 Å². The number of rotatable bonds is 10. The van der Waals surface area contributed by atoms with Gasteiger partial charge in [-0.25, -0.2) is 0 Å². The van der Waals surface area contributed by atoms with E-state index in [1.165, 1.54) is 7.11 Å². The second-order valence-electron chi connectivity index (χ2n) is 4.21. The van der Waals surface area contributed by atoms with Gasteiger partial charge in [0.15, 0.2) is 5.11 Å². The summed E-state index contributed by atoms with van der Waals surface area (Å²) in [4.78, 5) is 34.2. The lowest BCUT2D eigenvalue weighted by molar-refractivity contribution is -0.146. The molecule has 0 aromatic rings. The fourth-order valence-electron chi connectivity index (χ4n) is 1.25. The van der Waals surface area contributed by atoms with Crippen molar-refractivity contribution >= 4 is 35.1 Å². The molecule has 0 heterocycles. The largest absolute Gasteiger partial charge is 0.463 e. The van der Waals surface area contributed by atoms with Gasteiger partial charge in [-0.3, -0.25) is 25.2 Å². The number of carbonyl (C=O) groups excluding carboxylic acids is 3. The predicted octanol–water partition coefficient (Wildman–Crippen LogP) is -0.595. The Morgan fingerprint density at radius 1 is 0.957 bits per heavy atom. The third-order valence-electron chi connectivity index (χ3n) is 2.35. The summed E-state index contributed by atoms with van der Waals surface area (Å²) in [5.41, 5.74) is 4.70. The van der Waals surface area contributed by atoms with E-state index in [0.717, 1.165) is 0 Å². The molecule has 0 aliphatic heterocycles. The average molecular weight is 349 g/mol. The number of ether oxygens (including phenoxy) is 3. The minimum Gasteiger partial charge on any atom is -0.463 e. The quantitative estimate of drug-likeness (QED) is 0.207. The number of nitrogens with one attached hydrogen (secondary N) is 3. The van der Waals surface area contributed by atoms with Crippen LogP contribution in [0.5, 0.6) is 0 Å². The number of esters is 1.